The van der Waals surface area contributed by atoms with Gasteiger partial charge < -0.3 is 10.2 Å². The number of aryl methyl sites for hydroxylation is 1. The highest BCUT2D eigenvalue weighted by atomic mass is 19.4. The van der Waals surface area contributed by atoms with Gasteiger partial charge in [0, 0.05) is 7.05 Å². The Kier molecular flexibility index (Phi) is 4.46. The van der Waals surface area contributed by atoms with Crippen molar-refractivity contribution in [2.75, 3.05) is 20.1 Å². The molecule has 19 heavy (non-hydrogen) atoms. The third-order valence-electron chi connectivity index (χ3n) is 2.00. The number of carbonyl (C=O) groups excluding carboxylic acids is 2. The number of nitrogens with one attached hydrogen (secondary N) is 2. The van der Waals surface area contributed by atoms with E-state index in [2.05, 4.69) is 15.2 Å². The lowest BCUT2D eigenvalue weighted by Crippen LogP contribution is -2.42. The zero-order valence-corrected chi connectivity index (χ0v) is 10.2. The van der Waals surface area contributed by atoms with Crippen LogP contribution in [0.1, 0.15) is 16.4 Å². The molecular formula is C9H12F3N5O2. The van der Waals surface area contributed by atoms with Crippen molar-refractivity contribution in [2.24, 2.45) is 0 Å². The molecule has 0 aliphatic heterocycles. The molecule has 1 aromatic heterocycles. The van der Waals surface area contributed by atoms with Crippen LogP contribution in [-0.4, -0.2) is 58.2 Å². The summed E-state index contributed by atoms with van der Waals surface area (Å²) in [6.07, 6.45) is -4.49. The Morgan fingerprint density at radius 1 is 1.42 bits per heavy atom. The molecule has 1 heterocycles. The van der Waals surface area contributed by atoms with Crippen molar-refractivity contribution >= 4 is 11.8 Å². The highest BCUT2D eigenvalue weighted by Crippen LogP contribution is 2.12. The lowest BCUT2D eigenvalue weighted by Gasteiger charge is -2.15. The van der Waals surface area contributed by atoms with Gasteiger partial charge in [0.25, 0.3) is 5.91 Å². The van der Waals surface area contributed by atoms with Crippen LogP contribution in [0.2, 0.25) is 0 Å². The predicted octanol–water partition coefficient (Wildman–Crippen LogP) is -0.136. The zero-order valence-electron chi connectivity index (χ0n) is 10.2. The van der Waals surface area contributed by atoms with E-state index in [0.29, 0.717) is 5.82 Å². The number of amides is 2. The fraction of sp³-hybridized carbons (Fsp3) is 0.556. The molecule has 10 heteroatoms. The Balaban J connectivity index is 2.48. The number of carbonyl (C=O) groups is 2. The number of halogens is 3. The van der Waals surface area contributed by atoms with Crippen LogP contribution in [0.4, 0.5) is 13.2 Å². The number of aromatic nitrogens is 3. The van der Waals surface area contributed by atoms with E-state index in [0.717, 1.165) is 4.90 Å². The second-order valence-corrected chi connectivity index (χ2v) is 3.80. The van der Waals surface area contributed by atoms with Gasteiger partial charge in [-0.1, -0.05) is 0 Å². The summed E-state index contributed by atoms with van der Waals surface area (Å²) >= 11 is 0. The molecule has 2 amide bonds. The zero-order chi connectivity index (χ0) is 14.6. The van der Waals surface area contributed by atoms with Gasteiger partial charge in [-0.15, -0.1) is 5.10 Å². The highest BCUT2D eigenvalue weighted by molar-refractivity contribution is 5.93. The molecule has 0 aliphatic rings. The second-order valence-electron chi connectivity index (χ2n) is 3.80. The van der Waals surface area contributed by atoms with E-state index in [1.54, 1.807) is 12.2 Å². The third-order valence-corrected chi connectivity index (χ3v) is 2.00. The van der Waals surface area contributed by atoms with Crippen LogP contribution < -0.4 is 5.32 Å². The molecule has 0 spiro atoms. The van der Waals surface area contributed by atoms with Gasteiger partial charge in [0.05, 0.1) is 6.54 Å². The standard InChI is InChI=1S/C9H12F3N5O2/c1-5-14-7(16-15-5)8(19)17(2)3-6(18)13-4-9(10,11)12/h3-4H2,1-2H3,(H,13,18)(H,14,15,16). The number of H-pyrrole nitrogens is 1. The summed E-state index contributed by atoms with van der Waals surface area (Å²) in [5.74, 6) is -1.31. The van der Waals surface area contributed by atoms with Gasteiger partial charge in [-0.3, -0.25) is 14.7 Å². The Bertz CT molecular complexity index is 471. The Labute approximate surface area is 106 Å². The molecule has 1 rings (SSSR count). The molecule has 0 aromatic carbocycles. The first kappa shape index (κ1) is 14.9. The highest BCUT2D eigenvalue weighted by Gasteiger charge is 2.28. The molecule has 0 atom stereocenters. The molecule has 2 N–H and O–H groups in total. The summed E-state index contributed by atoms with van der Waals surface area (Å²) in [6, 6.07) is 0. The lowest BCUT2D eigenvalue weighted by molar-refractivity contribution is -0.138. The first-order valence-electron chi connectivity index (χ1n) is 5.17. The first-order valence-corrected chi connectivity index (χ1v) is 5.17. The summed E-state index contributed by atoms with van der Waals surface area (Å²) in [5.41, 5.74) is 0. The van der Waals surface area contributed by atoms with Crippen molar-refractivity contribution in [3.63, 3.8) is 0 Å². The van der Waals surface area contributed by atoms with E-state index in [9.17, 15) is 22.8 Å². The van der Waals surface area contributed by atoms with Crippen LogP contribution in [-0.2, 0) is 4.79 Å². The number of hydrogen-bond donors (Lipinski definition) is 2. The van der Waals surface area contributed by atoms with Gasteiger partial charge in [0.15, 0.2) is 0 Å². The molecule has 0 fully saturated rings. The van der Waals surface area contributed by atoms with E-state index in [-0.39, 0.29) is 5.82 Å². The smallest absolute Gasteiger partial charge is 0.345 e. The van der Waals surface area contributed by atoms with Gasteiger partial charge >= 0.3 is 6.18 Å². The molecule has 106 valence electrons. The van der Waals surface area contributed by atoms with Crippen molar-refractivity contribution in [3.8, 4) is 0 Å². The van der Waals surface area contributed by atoms with Gasteiger partial charge in [0.2, 0.25) is 11.7 Å². The minimum Gasteiger partial charge on any atom is -0.345 e. The van der Waals surface area contributed by atoms with Crippen LogP contribution in [0.15, 0.2) is 0 Å². The van der Waals surface area contributed by atoms with Crippen LogP contribution in [0.25, 0.3) is 0 Å². The lowest BCUT2D eigenvalue weighted by atomic mass is 10.4. The summed E-state index contributed by atoms with van der Waals surface area (Å²) in [4.78, 5) is 27.5. The SMILES string of the molecule is Cc1nc(C(=O)N(C)CC(=O)NCC(F)(F)F)n[nH]1. The van der Waals surface area contributed by atoms with Gasteiger partial charge in [-0.25, -0.2) is 4.98 Å². The number of aromatic amines is 1. The van der Waals surface area contributed by atoms with Crippen molar-refractivity contribution in [2.45, 2.75) is 13.1 Å². The minimum atomic E-state index is -4.49. The summed E-state index contributed by atoms with van der Waals surface area (Å²) in [7, 11) is 1.27. The topological polar surface area (TPSA) is 91.0 Å². The number of rotatable bonds is 4. The molecule has 7 nitrogen and oxygen atoms in total. The van der Waals surface area contributed by atoms with Gasteiger partial charge in [0.1, 0.15) is 12.4 Å². The predicted molar refractivity (Wildman–Crippen MR) is 57.1 cm³/mol. The van der Waals surface area contributed by atoms with Gasteiger partial charge in [-0.05, 0) is 6.92 Å². The number of likely N-dealkylation sites (N-methyl/N-ethyl adjacent to an activating group) is 1. The molecule has 0 aliphatic carbocycles. The fourth-order valence-electron chi connectivity index (χ4n) is 1.15. The van der Waals surface area contributed by atoms with Crippen molar-refractivity contribution in [3.05, 3.63) is 11.6 Å². The van der Waals surface area contributed by atoms with Crippen molar-refractivity contribution < 1.29 is 22.8 Å². The maximum Gasteiger partial charge on any atom is 0.405 e. The number of hydrogen-bond acceptors (Lipinski definition) is 4. The summed E-state index contributed by atoms with van der Waals surface area (Å²) < 4.78 is 35.6. The van der Waals surface area contributed by atoms with Gasteiger partial charge in [-0.2, -0.15) is 13.2 Å². The summed E-state index contributed by atoms with van der Waals surface area (Å²) in [6.45, 7) is -0.365. The van der Waals surface area contributed by atoms with E-state index >= 15 is 0 Å². The quantitative estimate of drug-likeness (QED) is 0.802. The second kappa shape index (κ2) is 5.67. The van der Waals surface area contributed by atoms with Crippen LogP contribution in [0.5, 0.6) is 0 Å². The summed E-state index contributed by atoms with van der Waals surface area (Å²) in [5, 5.41) is 7.69. The van der Waals surface area contributed by atoms with Crippen LogP contribution in [0.3, 0.4) is 0 Å². The molecule has 0 radical (unpaired) electrons. The number of nitrogens with zero attached hydrogens (tertiary/aromatic N) is 3. The van der Waals surface area contributed by atoms with Crippen molar-refractivity contribution in [1.29, 1.82) is 0 Å². The van der Waals surface area contributed by atoms with Crippen LogP contribution in [0, 0.1) is 6.92 Å². The average Bonchev–Trinajstić information content (AvgIpc) is 2.71. The number of alkyl halides is 3. The molecule has 0 saturated heterocycles. The monoisotopic (exact) mass is 279 g/mol. The average molecular weight is 279 g/mol. The Morgan fingerprint density at radius 2 is 2.05 bits per heavy atom. The maximum absolute atomic E-state index is 11.9. The molecule has 0 bridgehead atoms. The first-order chi connectivity index (χ1) is 8.69. The van der Waals surface area contributed by atoms with Crippen LogP contribution >= 0.6 is 0 Å². The molecule has 0 saturated carbocycles. The molecule has 0 unspecified atom stereocenters. The van der Waals surface area contributed by atoms with Crippen molar-refractivity contribution in [1.82, 2.24) is 25.4 Å². The molecular weight excluding hydrogens is 267 g/mol. The van der Waals surface area contributed by atoms with E-state index in [1.165, 1.54) is 7.05 Å². The Morgan fingerprint density at radius 3 is 2.53 bits per heavy atom. The molecule has 1 aromatic rings. The maximum atomic E-state index is 11.9. The fourth-order valence-corrected chi connectivity index (χ4v) is 1.15. The van der Waals surface area contributed by atoms with E-state index < -0.39 is 31.1 Å². The Hall–Kier alpha value is -2.13. The van der Waals surface area contributed by atoms with E-state index in [1.807, 2.05) is 0 Å². The van der Waals surface area contributed by atoms with E-state index in [4.69, 9.17) is 0 Å². The third kappa shape index (κ3) is 4.94. The largest absolute Gasteiger partial charge is 0.405 e. The minimum absolute atomic E-state index is 0.149. The normalized spacial score (nSPS) is 11.2.